The van der Waals surface area contributed by atoms with E-state index in [-0.39, 0.29) is 17.2 Å². The highest BCUT2D eigenvalue weighted by Crippen LogP contribution is 2.38. The lowest BCUT2D eigenvalue weighted by atomic mass is 10.1. The SMILES string of the molecule is Cc1c(-c2ccc(O)c(O)c2)n(CCCCOc2ccccc2)c2ccc(O)cc12. The van der Waals surface area contributed by atoms with Crippen LogP contribution in [0.2, 0.25) is 0 Å². The number of ether oxygens (including phenoxy) is 1. The lowest BCUT2D eigenvalue weighted by Crippen LogP contribution is -2.04. The lowest BCUT2D eigenvalue weighted by molar-refractivity contribution is 0.303. The second-order valence-corrected chi connectivity index (χ2v) is 7.40. The summed E-state index contributed by atoms with van der Waals surface area (Å²) in [6.07, 6.45) is 1.81. The van der Waals surface area contributed by atoms with E-state index in [4.69, 9.17) is 4.74 Å². The molecule has 154 valence electrons. The number of para-hydroxylation sites is 1. The van der Waals surface area contributed by atoms with E-state index in [1.807, 2.05) is 43.3 Å². The van der Waals surface area contributed by atoms with Crippen LogP contribution in [-0.2, 0) is 6.54 Å². The molecule has 0 unspecified atom stereocenters. The number of fused-ring (bicyclic) bond motifs is 1. The van der Waals surface area contributed by atoms with Gasteiger partial charge in [-0.1, -0.05) is 18.2 Å². The van der Waals surface area contributed by atoms with Crippen LogP contribution < -0.4 is 4.74 Å². The van der Waals surface area contributed by atoms with Gasteiger partial charge in [0.1, 0.15) is 11.5 Å². The lowest BCUT2D eigenvalue weighted by Gasteiger charge is -2.13. The number of hydrogen-bond donors (Lipinski definition) is 3. The van der Waals surface area contributed by atoms with Gasteiger partial charge in [-0.15, -0.1) is 0 Å². The van der Waals surface area contributed by atoms with Crippen molar-refractivity contribution in [1.29, 1.82) is 0 Å². The summed E-state index contributed by atoms with van der Waals surface area (Å²) in [4.78, 5) is 0. The van der Waals surface area contributed by atoms with Gasteiger partial charge in [-0.3, -0.25) is 0 Å². The third kappa shape index (κ3) is 3.92. The highest BCUT2D eigenvalue weighted by atomic mass is 16.5. The van der Waals surface area contributed by atoms with Crippen LogP contribution in [0, 0.1) is 6.92 Å². The van der Waals surface area contributed by atoms with Gasteiger partial charge >= 0.3 is 0 Å². The number of benzene rings is 3. The molecule has 0 fully saturated rings. The topological polar surface area (TPSA) is 74.9 Å². The van der Waals surface area contributed by atoms with Crippen LogP contribution in [0.25, 0.3) is 22.2 Å². The summed E-state index contributed by atoms with van der Waals surface area (Å²) in [7, 11) is 0. The normalized spacial score (nSPS) is 11.1. The zero-order chi connectivity index (χ0) is 21.1. The van der Waals surface area contributed by atoms with E-state index in [1.165, 1.54) is 6.07 Å². The Morgan fingerprint density at radius 2 is 1.63 bits per heavy atom. The number of phenolic OH excluding ortho intramolecular Hbond substituents is 3. The molecule has 0 radical (unpaired) electrons. The maximum Gasteiger partial charge on any atom is 0.158 e. The predicted octanol–water partition coefficient (Wildman–Crippen LogP) is 5.59. The number of aromatic nitrogens is 1. The highest BCUT2D eigenvalue weighted by Gasteiger charge is 2.17. The Bertz CT molecular complexity index is 1160. The zero-order valence-electron chi connectivity index (χ0n) is 16.9. The summed E-state index contributed by atoms with van der Waals surface area (Å²) >= 11 is 0. The Morgan fingerprint density at radius 1 is 0.833 bits per heavy atom. The average Bonchev–Trinajstić information content (AvgIpc) is 3.02. The molecule has 4 aromatic rings. The zero-order valence-corrected chi connectivity index (χ0v) is 16.9. The first-order valence-corrected chi connectivity index (χ1v) is 10.1. The standard InChI is InChI=1S/C25H25NO4/c1-17-21-16-19(27)10-11-22(21)26(25(17)18-9-12-23(28)24(29)15-18)13-5-6-14-30-20-7-3-2-4-8-20/h2-4,7-12,15-16,27-29H,5-6,13-14H2,1H3. The largest absolute Gasteiger partial charge is 0.508 e. The van der Waals surface area contributed by atoms with Crippen molar-refractivity contribution in [2.45, 2.75) is 26.3 Å². The smallest absolute Gasteiger partial charge is 0.158 e. The van der Waals surface area contributed by atoms with Gasteiger partial charge in [-0.05, 0) is 73.9 Å². The van der Waals surface area contributed by atoms with E-state index in [0.717, 1.165) is 52.9 Å². The minimum atomic E-state index is -0.150. The first kappa shape index (κ1) is 19.7. The van der Waals surface area contributed by atoms with Crippen LogP contribution in [0.1, 0.15) is 18.4 Å². The van der Waals surface area contributed by atoms with E-state index in [9.17, 15) is 15.3 Å². The van der Waals surface area contributed by atoms with Crippen LogP contribution in [0.15, 0.2) is 66.7 Å². The Hall–Kier alpha value is -3.60. The average molecular weight is 403 g/mol. The summed E-state index contributed by atoms with van der Waals surface area (Å²) in [5.41, 5.74) is 3.83. The fourth-order valence-electron chi connectivity index (χ4n) is 3.86. The van der Waals surface area contributed by atoms with Crippen molar-refractivity contribution in [2.24, 2.45) is 0 Å². The maximum absolute atomic E-state index is 10.0. The molecule has 3 aromatic carbocycles. The van der Waals surface area contributed by atoms with Gasteiger partial charge < -0.3 is 24.6 Å². The number of aryl methyl sites for hydroxylation is 2. The fraction of sp³-hybridized carbons (Fsp3) is 0.200. The van der Waals surface area contributed by atoms with Crippen molar-refractivity contribution in [3.8, 4) is 34.3 Å². The van der Waals surface area contributed by atoms with E-state index < -0.39 is 0 Å². The van der Waals surface area contributed by atoms with Gasteiger partial charge in [0, 0.05) is 23.0 Å². The summed E-state index contributed by atoms with van der Waals surface area (Å²) in [6, 6.07) is 20.0. The molecule has 5 heteroatoms. The fourth-order valence-corrected chi connectivity index (χ4v) is 3.86. The predicted molar refractivity (Wildman–Crippen MR) is 118 cm³/mol. The number of phenols is 3. The summed E-state index contributed by atoms with van der Waals surface area (Å²) < 4.78 is 8.00. The van der Waals surface area contributed by atoms with Crippen molar-refractivity contribution in [1.82, 2.24) is 4.57 Å². The van der Waals surface area contributed by atoms with E-state index in [1.54, 1.807) is 24.3 Å². The number of nitrogens with zero attached hydrogens (tertiary/aromatic N) is 1. The molecule has 4 rings (SSSR count). The molecule has 0 spiro atoms. The molecule has 30 heavy (non-hydrogen) atoms. The Morgan fingerprint density at radius 3 is 2.40 bits per heavy atom. The van der Waals surface area contributed by atoms with Gasteiger partial charge in [0.05, 0.1) is 12.3 Å². The first-order valence-electron chi connectivity index (χ1n) is 10.1. The first-order chi connectivity index (χ1) is 14.5. The molecular weight excluding hydrogens is 378 g/mol. The molecule has 3 N–H and O–H groups in total. The minimum absolute atomic E-state index is 0.144. The van der Waals surface area contributed by atoms with Crippen molar-refractivity contribution in [3.05, 3.63) is 72.3 Å². The van der Waals surface area contributed by atoms with Gasteiger partial charge in [-0.25, -0.2) is 0 Å². The third-order valence-corrected chi connectivity index (χ3v) is 5.34. The number of unbranched alkanes of at least 4 members (excludes halogenated alkanes) is 1. The Labute approximate surface area is 175 Å². The van der Waals surface area contributed by atoms with Crippen molar-refractivity contribution in [2.75, 3.05) is 6.61 Å². The second-order valence-electron chi connectivity index (χ2n) is 7.40. The second kappa shape index (κ2) is 8.41. The summed E-state index contributed by atoms with van der Waals surface area (Å²) in [5, 5.41) is 30.6. The van der Waals surface area contributed by atoms with Crippen LogP contribution in [0.5, 0.6) is 23.0 Å². The number of aromatic hydroxyl groups is 3. The van der Waals surface area contributed by atoms with Crippen molar-refractivity contribution >= 4 is 10.9 Å². The molecule has 5 nitrogen and oxygen atoms in total. The summed E-state index contributed by atoms with van der Waals surface area (Å²) in [6.45, 7) is 3.42. The molecule has 1 aromatic heterocycles. The van der Waals surface area contributed by atoms with Crippen LogP contribution in [0.3, 0.4) is 0 Å². The molecule has 0 atom stereocenters. The molecule has 0 bridgehead atoms. The summed E-state index contributed by atoms with van der Waals surface area (Å²) in [5.74, 6) is 0.798. The van der Waals surface area contributed by atoms with E-state index in [2.05, 4.69) is 4.57 Å². The number of hydrogen-bond acceptors (Lipinski definition) is 4. The monoisotopic (exact) mass is 403 g/mol. The molecule has 0 aliphatic heterocycles. The quantitative estimate of drug-likeness (QED) is 0.278. The molecule has 1 heterocycles. The Kier molecular flexibility index (Phi) is 5.53. The molecule has 0 aliphatic carbocycles. The van der Waals surface area contributed by atoms with Gasteiger partial charge in [0.2, 0.25) is 0 Å². The molecular formula is C25H25NO4. The minimum Gasteiger partial charge on any atom is -0.508 e. The Balaban J connectivity index is 1.59. The molecule has 0 aliphatic rings. The van der Waals surface area contributed by atoms with Gasteiger partial charge in [0.25, 0.3) is 0 Å². The molecule has 0 saturated carbocycles. The maximum atomic E-state index is 10.0. The molecule has 0 amide bonds. The highest BCUT2D eigenvalue weighted by molar-refractivity contribution is 5.92. The number of rotatable bonds is 7. The van der Waals surface area contributed by atoms with Crippen molar-refractivity contribution < 1.29 is 20.1 Å². The van der Waals surface area contributed by atoms with Crippen molar-refractivity contribution in [3.63, 3.8) is 0 Å². The van der Waals surface area contributed by atoms with E-state index in [0.29, 0.717) is 6.61 Å². The third-order valence-electron chi connectivity index (χ3n) is 5.34. The molecule has 0 saturated heterocycles. The van der Waals surface area contributed by atoms with Crippen LogP contribution >= 0.6 is 0 Å². The van der Waals surface area contributed by atoms with Crippen LogP contribution in [-0.4, -0.2) is 26.5 Å². The van der Waals surface area contributed by atoms with Gasteiger partial charge in [-0.2, -0.15) is 0 Å². The van der Waals surface area contributed by atoms with Gasteiger partial charge in [0.15, 0.2) is 11.5 Å². The van der Waals surface area contributed by atoms with E-state index >= 15 is 0 Å². The van der Waals surface area contributed by atoms with Crippen LogP contribution in [0.4, 0.5) is 0 Å².